The Morgan fingerprint density at radius 2 is 1.86 bits per heavy atom. The van der Waals surface area contributed by atoms with Crippen LogP contribution in [0.1, 0.15) is 24.0 Å². The van der Waals surface area contributed by atoms with Crippen LogP contribution < -0.4 is 10.1 Å². The van der Waals surface area contributed by atoms with Crippen molar-refractivity contribution in [3.8, 4) is 11.8 Å². The molecule has 1 N–H and O–H groups in total. The maximum Gasteiger partial charge on any atom is 0.257 e. The Morgan fingerprint density at radius 1 is 1.18 bits per heavy atom. The van der Waals surface area contributed by atoms with Gasteiger partial charge in [0.2, 0.25) is 0 Å². The fraction of sp³-hybridized carbons (Fsp3) is 0.222. The van der Waals surface area contributed by atoms with Crippen LogP contribution in [0.15, 0.2) is 54.6 Å². The van der Waals surface area contributed by atoms with Gasteiger partial charge in [-0.2, -0.15) is 5.26 Å². The lowest BCUT2D eigenvalue weighted by atomic mass is 10.0. The van der Waals surface area contributed by atoms with Gasteiger partial charge in [0.15, 0.2) is 6.61 Å². The maximum atomic E-state index is 11.8. The fourth-order valence-corrected chi connectivity index (χ4v) is 2.05. The normalized spacial score (nSPS) is 11.3. The van der Waals surface area contributed by atoms with Gasteiger partial charge in [0.1, 0.15) is 11.8 Å². The van der Waals surface area contributed by atoms with E-state index < -0.39 is 0 Å². The largest absolute Gasteiger partial charge is 0.482 e. The van der Waals surface area contributed by atoms with Gasteiger partial charge in [0.25, 0.3) is 5.91 Å². The predicted molar refractivity (Wildman–Crippen MR) is 84.5 cm³/mol. The quantitative estimate of drug-likeness (QED) is 0.891. The molecule has 1 atom stereocenters. The van der Waals surface area contributed by atoms with Gasteiger partial charge in [-0.1, -0.05) is 49.4 Å². The second kappa shape index (κ2) is 7.84. The van der Waals surface area contributed by atoms with Gasteiger partial charge in [-0.15, -0.1) is 0 Å². The fourth-order valence-electron chi connectivity index (χ4n) is 2.05. The summed E-state index contributed by atoms with van der Waals surface area (Å²) in [7, 11) is 0. The zero-order chi connectivity index (χ0) is 15.8. The van der Waals surface area contributed by atoms with Crippen LogP contribution >= 0.6 is 0 Å². The maximum absolute atomic E-state index is 11.8. The number of nitriles is 1. The topological polar surface area (TPSA) is 62.1 Å². The van der Waals surface area contributed by atoms with E-state index in [0.29, 0.717) is 17.9 Å². The van der Waals surface area contributed by atoms with E-state index >= 15 is 0 Å². The number of nitrogens with one attached hydrogen (secondary N) is 1. The van der Waals surface area contributed by atoms with Gasteiger partial charge in [0.05, 0.1) is 5.56 Å². The molecule has 0 aliphatic heterocycles. The van der Waals surface area contributed by atoms with Gasteiger partial charge in [0, 0.05) is 6.54 Å². The minimum absolute atomic E-state index is 0.0970. The summed E-state index contributed by atoms with van der Waals surface area (Å²) < 4.78 is 5.39. The Labute approximate surface area is 130 Å². The number of carbonyl (C=O) groups is 1. The third kappa shape index (κ3) is 4.35. The van der Waals surface area contributed by atoms with Gasteiger partial charge < -0.3 is 10.1 Å². The number of ether oxygens (including phenoxy) is 1. The van der Waals surface area contributed by atoms with Crippen LogP contribution in [-0.4, -0.2) is 19.1 Å². The van der Waals surface area contributed by atoms with Crippen molar-refractivity contribution in [1.29, 1.82) is 5.26 Å². The van der Waals surface area contributed by atoms with E-state index in [1.165, 1.54) is 5.56 Å². The number of hydrogen-bond donors (Lipinski definition) is 1. The molecule has 22 heavy (non-hydrogen) atoms. The Balaban J connectivity index is 1.80. The van der Waals surface area contributed by atoms with Crippen LogP contribution in [0, 0.1) is 11.3 Å². The summed E-state index contributed by atoms with van der Waals surface area (Å²) in [5.74, 6) is 0.461. The number of benzene rings is 2. The molecule has 0 radical (unpaired) electrons. The van der Waals surface area contributed by atoms with Crippen LogP contribution in [0.2, 0.25) is 0 Å². The first-order chi connectivity index (χ1) is 10.7. The zero-order valence-corrected chi connectivity index (χ0v) is 12.5. The molecule has 2 aromatic rings. The molecule has 112 valence electrons. The standard InChI is InChI=1S/C18H18N2O2/c1-14(15-7-3-2-4-8-15)12-20-18(21)13-22-17-10-6-5-9-16(17)11-19/h2-10,14H,12-13H2,1H3,(H,20,21)/t14-/m1/s1. The van der Waals surface area contributed by atoms with Crippen LogP contribution in [-0.2, 0) is 4.79 Å². The molecule has 0 saturated carbocycles. The summed E-state index contributed by atoms with van der Waals surface area (Å²) in [6.07, 6.45) is 0. The zero-order valence-electron chi connectivity index (χ0n) is 12.5. The lowest BCUT2D eigenvalue weighted by Gasteiger charge is -2.13. The van der Waals surface area contributed by atoms with E-state index in [9.17, 15) is 4.79 Å². The Bertz CT molecular complexity index is 662. The molecule has 0 aromatic heterocycles. The summed E-state index contributed by atoms with van der Waals surface area (Å²) in [4.78, 5) is 11.8. The van der Waals surface area contributed by atoms with E-state index in [0.717, 1.165) is 0 Å². The summed E-state index contributed by atoms with van der Waals surface area (Å²) in [6.45, 7) is 2.51. The molecule has 2 aromatic carbocycles. The van der Waals surface area contributed by atoms with Crippen molar-refractivity contribution in [1.82, 2.24) is 5.32 Å². The van der Waals surface area contributed by atoms with Crippen LogP contribution in [0.3, 0.4) is 0 Å². The number of amides is 1. The van der Waals surface area contributed by atoms with Gasteiger partial charge in [-0.3, -0.25) is 4.79 Å². The molecule has 4 heteroatoms. The Kier molecular flexibility index (Phi) is 5.56. The minimum atomic E-state index is -0.199. The molecule has 1 amide bonds. The van der Waals surface area contributed by atoms with Crippen LogP contribution in [0.5, 0.6) is 5.75 Å². The first kappa shape index (κ1) is 15.6. The van der Waals surface area contributed by atoms with Crippen molar-refractivity contribution in [2.45, 2.75) is 12.8 Å². The van der Waals surface area contributed by atoms with E-state index in [2.05, 4.69) is 12.2 Å². The highest BCUT2D eigenvalue weighted by molar-refractivity contribution is 5.77. The van der Waals surface area contributed by atoms with Crippen molar-refractivity contribution in [3.05, 3.63) is 65.7 Å². The Hall–Kier alpha value is -2.80. The second-order valence-electron chi connectivity index (χ2n) is 5.01. The monoisotopic (exact) mass is 294 g/mol. The van der Waals surface area contributed by atoms with E-state index in [-0.39, 0.29) is 18.4 Å². The predicted octanol–water partition coefficient (Wildman–Crippen LogP) is 2.86. The average Bonchev–Trinajstić information content (AvgIpc) is 2.58. The molecule has 2 rings (SSSR count). The average molecular weight is 294 g/mol. The molecule has 0 bridgehead atoms. The third-order valence-corrected chi connectivity index (χ3v) is 3.34. The minimum Gasteiger partial charge on any atom is -0.482 e. The summed E-state index contributed by atoms with van der Waals surface area (Å²) in [5.41, 5.74) is 1.60. The van der Waals surface area contributed by atoms with Gasteiger partial charge in [-0.25, -0.2) is 0 Å². The van der Waals surface area contributed by atoms with Crippen molar-refractivity contribution >= 4 is 5.91 Å². The Morgan fingerprint density at radius 3 is 2.59 bits per heavy atom. The summed E-state index contributed by atoms with van der Waals surface area (Å²) >= 11 is 0. The molecule has 0 spiro atoms. The summed E-state index contributed by atoms with van der Waals surface area (Å²) in [6, 6.07) is 18.9. The number of rotatable bonds is 6. The lowest BCUT2D eigenvalue weighted by molar-refractivity contribution is -0.123. The number of carbonyl (C=O) groups excluding carboxylic acids is 1. The van der Waals surface area contributed by atoms with Crippen LogP contribution in [0.4, 0.5) is 0 Å². The lowest BCUT2D eigenvalue weighted by Crippen LogP contribution is -2.31. The van der Waals surface area contributed by atoms with Gasteiger partial charge >= 0.3 is 0 Å². The van der Waals surface area contributed by atoms with Gasteiger partial charge in [-0.05, 0) is 23.6 Å². The molecule has 0 heterocycles. The number of nitrogens with zero attached hydrogens (tertiary/aromatic N) is 1. The van der Waals surface area contributed by atoms with E-state index in [1.54, 1.807) is 24.3 Å². The molecule has 0 aliphatic carbocycles. The van der Waals surface area contributed by atoms with Crippen molar-refractivity contribution in [3.63, 3.8) is 0 Å². The third-order valence-electron chi connectivity index (χ3n) is 3.34. The number of para-hydroxylation sites is 1. The molecule has 4 nitrogen and oxygen atoms in total. The highest BCUT2D eigenvalue weighted by Gasteiger charge is 2.09. The van der Waals surface area contributed by atoms with Crippen molar-refractivity contribution < 1.29 is 9.53 Å². The first-order valence-electron chi connectivity index (χ1n) is 7.14. The molecular weight excluding hydrogens is 276 g/mol. The SMILES string of the molecule is C[C@H](CNC(=O)COc1ccccc1C#N)c1ccccc1. The summed E-state index contributed by atoms with van der Waals surface area (Å²) in [5, 5.41) is 11.8. The molecule has 0 unspecified atom stereocenters. The smallest absolute Gasteiger partial charge is 0.257 e. The molecule has 0 saturated heterocycles. The molecular formula is C18H18N2O2. The molecule has 0 fully saturated rings. The highest BCUT2D eigenvalue weighted by Crippen LogP contribution is 2.16. The van der Waals surface area contributed by atoms with Crippen molar-refractivity contribution in [2.75, 3.05) is 13.2 Å². The van der Waals surface area contributed by atoms with E-state index in [4.69, 9.17) is 10.00 Å². The second-order valence-corrected chi connectivity index (χ2v) is 5.01. The van der Waals surface area contributed by atoms with Crippen molar-refractivity contribution in [2.24, 2.45) is 0 Å². The number of hydrogen-bond acceptors (Lipinski definition) is 3. The van der Waals surface area contributed by atoms with Crippen LogP contribution in [0.25, 0.3) is 0 Å². The first-order valence-corrected chi connectivity index (χ1v) is 7.14. The van der Waals surface area contributed by atoms with E-state index in [1.807, 2.05) is 36.4 Å². The highest BCUT2D eigenvalue weighted by atomic mass is 16.5. The molecule has 0 aliphatic rings.